The lowest BCUT2D eigenvalue weighted by Crippen LogP contribution is -2.40. The molecule has 254 valence electrons. The number of carbonyl (C=O) groups is 2. The van der Waals surface area contributed by atoms with Crippen molar-refractivity contribution in [3.05, 3.63) is 89.7 Å². The number of sulfonamides is 1. The van der Waals surface area contributed by atoms with Gasteiger partial charge in [0.2, 0.25) is 15.9 Å². The Morgan fingerprint density at radius 2 is 1.71 bits per heavy atom. The molecule has 1 aliphatic rings. The van der Waals surface area contributed by atoms with Crippen LogP contribution in [0, 0.1) is 0 Å². The van der Waals surface area contributed by atoms with Gasteiger partial charge in [-0.3, -0.25) is 14.2 Å². The highest BCUT2D eigenvalue weighted by Crippen LogP contribution is 2.32. The minimum atomic E-state index is -4.62. The SMILES string of the molecule is CCOc1ccc(NC(=O)CSc2nnc(CNC(=O)c3ccc(S(=O)(=O)N4CCOCC4)cc3)n2-c2cccc(C(F)(F)F)c2)cc1. The smallest absolute Gasteiger partial charge is 0.416 e. The van der Waals surface area contributed by atoms with Crippen molar-refractivity contribution < 1.29 is 40.7 Å². The Kier molecular flexibility index (Phi) is 11.0. The summed E-state index contributed by atoms with van der Waals surface area (Å²) in [6.45, 7) is 3.15. The van der Waals surface area contributed by atoms with Gasteiger partial charge in [-0.1, -0.05) is 17.8 Å². The summed E-state index contributed by atoms with van der Waals surface area (Å²) in [5, 5.41) is 13.7. The molecule has 0 atom stereocenters. The lowest BCUT2D eigenvalue weighted by atomic mass is 10.2. The first-order chi connectivity index (χ1) is 23.0. The van der Waals surface area contributed by atoms with E-state index in [1.807, 2.05) is 6.92 Å². The molecule has 1 saturated heterocycles. The second-order valence-electron chi connectivity index (χ2n) is 10.3. The lowest BCUT2D eigenvalue weighted by Gasteiger charge is -2.26. The van der Waals surface area contributed by atoms with Gasteiger partial charge in [-0.25, -0.2) is 8.42 Å². The summed E-state index contributed by atoms with van der Waals surface area (Å²) in [6.07, 6.45) is -4.62. The van der Waals surface area contributed by atoms with Gasteiger partial charge in [-0.15, -0.1) is 10.2 Å². The highest BCUT2D eigenvalue weighted by molar-refractivity contribution is 7.99. The molecule has 5 rings (SSSR count). The van der Waals surface area contributed by atoms with Gasteiger partial charge >= 0.3 is 6.18 Å². The number of hydrogen-bond donors (Lipinski definition) is 2. The average Bonchev–Trinajstić information content (AvgIpc) is 3.50. The van der Waals surface area contributed by atoms with Gasteiger partial charge in [0.05, 0.1) is 48.3 Å². The van der Waals surface area contributed by atoms with Crippen LogP contribution < -0.4 is 15.4 Å². The highest BCUT2D eigenvalue weighted by Gasteiger charge is 2.31. The molecular weight excluding hydrogens is 674 g/mol. The van der Waals surface area contributed by atoms with Crippen LogP contribution >= 0.6 is 11.8 Å². The number of nitrogens with zero attached hydrogens (tertiary/aromatic N) is 4. The molecule has 17 heteroatoms. The molecule has 4 aromatic rings. The maximum Gasteiger partial charge on any atom is 0.416 e. The molecule has 48 heavy (non-hydrogen) atoms. The molecule has 0 unspecified atom stereocenters. The Morgan fingerprint density at radius 3 is 2.38 bits per heavy atom. The van der Waals surface area contributed by atoms with Crippen molar-refractivity contribution in [2.45, 2.75) is 29.7 Å². The van der Waals surface area contributed by atoms with Crippen LogP contribution in [0.2, 0.25) is 0 Å². The normalized spacial score (nSPS) is 14.0. The van der Waals surface area contributed by atoms with Crippen molar-refractivity contribution in [3.8, 4) is 11.4 Å². The van der Waals surface area contributed by atoms with E-state index in [9.17, 15) is 31.2 Å². The number of amides is 2. The Bertz CT molecular complexity index is 1850. The van der Waals surface area contributed by atoms with Gasteiger partial charge in [0, 0.05) is 24.3 Å². The van der Waals surface area contributed by atoms with E-state index in [-0.39, 0.29) is 52.5 Å². The number of carbonyl (C=O) groups excluding carboxylic acids is 2. The van der Waals surface area contributed by atoms with E-state index in [2.05, 4.69) is 20.8 Å². The predicted molar refractivity (Wildman–Crippen MR) is 171 cm³/mol. The number of anilines is 1. The van der Waals surface area contributed by atoms with Crippen molar-refractivity contribution >= 4 is 39.3 Å². The first-order valence-corrected chi connectivity index (χ1v) is 17.1. The van der Waals surface area contributed by atoms with Crippen molar-refractivity contribution in [2.24, 2.45) is 0 Å². The maximum absolute atomic E-state index is 13.6. The maximum atomic E-state index is 13.6. The summed E-state index contributed by atoms with van der Waals surface area (Å²) in [5.41, 5.74) is -0.147. The fourth-order valence-corrected chi connectivity index (χ4v) is 6.87. The van der Waals surface area contributed by atoms with Crippen LogP contribution in [-0.2, 0) is 32.3 Å². The molecule has 1 aliphatic heterocycles. The number of halogens is 3. The minimum Gasteiger partial charge on any atom is -0.494 e. The number of rotatable bonds is 12. The standard InChI is InChI=1S/C31H31F3N6O6S2/c1-2-46-25-10-8-23(9-11-25)36-28(41)20-47-30-38-37-27(40(30)24-5-3-4-22(18-24)31(32,33)34)19-35-29(42)21-6-12-26(13-7-21)48(43,44)39-14-16-45-17-15-39/h3-13,18H,2,14-17,19-20H2,1H3,(H,35,42)(H,36,41). The number of thioether (sulfide) groups is 1. The zero-order chi connectivity index (χ0) is 34.3. The average molecular weight is 705 g/mol. The third-order valence-corrected chi connectivity index (χ3v) is 9.89. The quantitative estimate of drug-likeness (QED) is 0.206. The molecule has 1 fully saturated rings. The van der Waals surface area contributed by atoms with Crippen LogP contribution in [0.3, 0.4) is 0 Å². The van der Waals surface area contributed by atoms with Gasteiger partial charge in [-0.05, 0) is 73.7 Å². The number of aromatic nitrogens is 3. The van der Waals surface area contributed by atoms with E-state index in [4.69, 9.17) is 9.47 Å². The second kappa shape index (κ2) is 15.2. The van der Waals surface area contributed by atoms with E-state index in [0.29, 0.717) is 31.3 Å². The van der Waals surface area contributed by atoms with E-state index in [1.165, 1.54) is 45.3 Å². The lowest BCUT2D eigenvalue weighted by molar-refractivity contribution is -0.137. The van der Waals surface area contributed by atoms with Crippen LogP contribution in [0.15, 0.2) is 82.8 Å². The number of nitrogens with one attached hydrogen (secondary N) is 2. The Morgan fingerprint density at radius 1 is 1.00 bits per heavy atom. The van der Waals surface area contributed by atoms with Gasteiger partial charge in [-0.2, -0.15) is 17.5 Å². The number of ether oxygens (including phenoxy) is 2. The molecular formula is C31H31F3N6O6S2. The number of alkyl halides is 3. The summed E-state index contributed by atoms with van der Waals surface area (Å²) < 4.78 is 79.8. The predicted octanol–water partition coefficient (Wildman–Crippen LogP) is 4.37. The topological polar surface area (TPSA) is 145 Å². The monoisotopic (exact) mass is 704 g/mol. The third kappa shape index (κ3) is 8.52. The van der Waals surface area contributed by atoms with Gasteiger partial charge in [0.1, 0.15) is 5.75 Å². The number of benzene rings is 3. The number of hydrogen-bond acceptors (Lipinski definition) is 9. The van der Waals surface area contributed by atoms with Crippen LogP contribution in [0.1, 0.15) is 28.7 Å². The first-order valence-electron chi connectivity index (χ1n) is 14.7. The highest BCUT2D eigenvalue weighted by atomic mass is 32.2. The van der Waals surface area contributed by atoms with Gasteiger partial charge in [0.15, 0.2) is 11.0 Å². The van der Waals surface area contributed by atoms with Crippen molar-refractivity contribution in [3.63, 3.8) is 0 Å². The van der Waals surface area contributed by atoms with Gasteiger partial charge < -0.3 is 20.1 Å². The van der Waals surface area contributed by atoms with Crippen molar-refractivity contribution in [1.29, 1.82) is 0 Å². The Balaban J connectivity index is 1.31. The zero-order valence-electron chi connectivity index (χ0n) is 25.6. The summed E-state index contributed by atoms with van der Waals surface area (Å²) in [5.74, 6) is -0.364. The van der Waals surface area contributed by atoms with Crippen LogP contribution in [0.25, 0.3) is 5.69 Å². The van der Waals surface area contributed by atoms with Crippen LogP contribution in [-0.4, -0.2) is 78.0 Å². The summed E-state index contributed by atoms with van der Waals surface area (Å²) >= 11 is 0.951. The molecule has 3 aromatic carbocycles. The third-order valence-electron chi connectivity index (χ3n) is 7.04. The molecule has 0 bridgehead atoms. The summed E-state index contributed by atoms with van der Waals surface area (Å²) in [4.78, 5) is 25.7. The van der Waals surface area contributed by atoms with E-state index in [1.54, 1.807) is 24.3 Å². The van der Waals surface area contributed by atoms with E-state index in [0.717, 1.165) is 23.9 Å². The van der Waals surface area contributed by atoms with E-state index >= 15 is 0 Å². The minimum absolute atomic E-state index is 0.0264. The fraction of sp³-hybridized carbons (Fsp3) is 0.290. The van der Waals surface area contributed by atoms with E-state index < -0.39 is 33.6 Å². The molecule has 0 spiro atoms. The van der Waals surface area contributed by atoms with Crippen LogP contribution in [0.4, 0.5) is 18.9 Å². The molecule has 0 radical (unpaired) electrons. The van der Waals surface area contributed by atoms with Crippen LogP contribution in [0.5, 0.6) is 5.75 Å². The zero-order valence-corrected chi connectivity index (χ0v) is 27.2. The molecule has 2 amide bonds. The largest absolute Gasteiger partial charge is 0.494 e. The molecule has 0 aliphatic carbocycles. The summed E-state index contributed by atoms with van der Waals surface area (Å²) in [6, 6.07) is 16.7. The molecule has 2 heterocycles. The first kappa shape index (κ1) is 34.9. The Hall–Kier alpha value is -4.45. The van der Waals surface area contributed by atoms with Crippen molar-refractivity contribution in [2.75, 3.05) is 44.0 Å². The Labute approximate surface area is 278 Å². The molecule has 1 aromatic heterocycles. The molecule has 2 N–H and O–H groups in total. The number of morpholine rings is 1. The van der Waals surface area contributed by atoms with Crippen molar-refractivity contribution in [1.82, 2.24) is 24.4 Å². The molecule has 12 nitrogen and oxygen atoms in total. The second-order valence-corrected chi connectivity index (χ2v) is 13.2. The molecule has 0 saturated carbocycles. The van der Waals surface area contributed by atoms with Gasteiger partial charge in [0.25, 0.3) is 5.91 Å². The fourth-order valence-electron chi connectivity index (χ4n) is 4.69. The summed E-state index contributed by atoms with van der Waals surface area (Å²) in [7, 11) is -3.76.